The number of aromatic amines is 2. The second-order valence-electron chi connectivity index (χ2n) is 15.8. The first-order chi connectivity index (χ1) is 28.0. The summed E-state index contributed by atoms with van der Waals surface area (Å²) in [6.45, 7) is 9.33. The number of fused-ring (bicyclic) bond motifs is 8. The van der Waals surface area contributed by atoms with Gasteiger partial charge in [0, 0.05) is 35.2 Å². The molecule has 0 radical (unpaired) electrons. The third-order valence-electron chi connectivity index (χ3n) is 12.4. The predicted molar refractivity (Wildman–Crippen MR) is 207 cm³/mol. The number of nitrogens with zero attached hydrogens (tertiary/aromatic N) is 3. The van der Waals surface area contributed by atoms with E-state index in [4.69, 9.17) is 14.7 Å². The number of methoxy groups -OCH3 is 1. The molecular formula is C43H43F6N5O6. The Hall–Kier alpha value is -5.55. The molecule has 318 valence electrons. The molecule has 0 fully saturated rings. The number of carbonyl (C=O) groups excluding carboxylic acids is 3. The Kier molecular flexibility index (Phi) is 10.3. The van der Waals surface area contributed by atoms with Gasteiger partial charge in [-0.1, -0.05) is 20.8 Å². The molecule has 8 bridgehead atoms. The van der Waals surface area contributed by atoms with Crippen molar-refractivity contribution < 1.29 is 55.7 Å². The third kappa shape index (κ3) is 6.75. The van der Waals surface area contributed by atoms with Gasteiger partial charge in [-0.15, -0.1) is 0 Å². The Morgan fingerprint density at radius 1 is 0.883 bits per heavy atom. The minimum Gasteiger partial charge on any atom is -0.469 e. The number of aromatic nitrogens is 4. The molecule has 4 atom stereocenters. The van der Waals surface area contributed by atoms with Crippen LogP contribution in [-0.4, -0.2) is 59.9 Å². The minimum absolute atomic E-state index is 0.00420. The van der Waals surface area contributed by atoms with Crippen molar-refractivity contribution in [1.82, 2.24) is 24.8 Å². The van der Waals surface area contributed by atoms with Crippen molar-refractivity contribution in [2.24, 2.45) is 0 Å². The van der Waals surface area contributed by atoms with Gasteiger partial charge in [-0.2, -0.15) is 26.3 Å². The summed E-state index contributed by atoms with van der Waals surface area (Å²) in [5.41, 5.74) is -3.96. The number of aliphatic hydroxyl groups is 2. The number of hydrogen-bond acceptors (Lipinski definition) is 8. The van der Waals surface area contributed by atoms with Gasteiger partial charge in [-0.25, -0.2) is 4.98 Å². The second-order valence-corrected chi connectivity index (χ2v) is 15.8. The van der Waals surface area contributed by atoms with Crippen LogP contribution in [0.5, 0.6) is 0 Å². The number of halogens is 6. The van der Waals surface area contributed by atoms with Crippen molar-refractivity contribution in [3.63, 3.8) is 0 Å². The van der Waals surface area contributed by atoms with Gasteiger partial charge in [0.25, 0.3) is 11.8 Å². The van der Waals surface area contributed by atoms with Crippen LogP contribution in [0.1, 0.15) is 149 Å². The highest BCUT2D eigenvalue weighted by Gasteiger charge is 2.53. The van der Waals surface area contributed by atoms with Crippen LogP contribution in [0.25, 0.3) is 22.2 Å². The monoisotopic (exact) mass is 839 g/mol. The topological polar surface area (TPSA) is 162 Å². The molecule has 2 aromatic heterocycles. The van der Waals surface area contributed by atoms with Crippen molar-refractivity contribution >= 4 is 40.0 Å². The van der Waals surface area contributed by atoms with E-state index < -0.39 is 76.4 Å². The number of benzene rings is 1. The molecule has 0 aliphatic carbocycles. The molecule has 6 heterocycles. The molecule has 2 unspecified atom stereocenters. The SMILES string of the molecule is CCC1=C(C)c2cc3[nH]c(c4c5[nH]c(cc6nc(cc1n2)C(C)(O)C6(O)CC)c(C)c5C(=O)N(Cc1cc(C(F)(F)F)cc(C(F)(F)F)c1)C4=O)[C@@H](CCC(=O)OC)[C@@H]3C. The molecule has 17 heteroatoms. The standard InChI is InChI=1S/C43H43F6N5O6/c1-8-25-19(3)27-15-28-20(4)26(10-11-33(55)60-7)36(51-28)35-37-34(21(5)29(52-37)16-32-41(59,9-2)40(6,58)31(53-32)17-30(25)50-27)38(56)54(39(35)57)18-22-12-23(42(44,45)46)14-24(13-22)43(47,48)49/h12-17,20,26,51-52,58-59H,8-11,18H2,1-7H3/t20-,26-,40?,41?/m0/s1. The summed E-state index contributed by atoms with van der Waals surface area (Å²) in [4.78, 5) is 58.7. The number of amides is 2. The molecule has 3 aromatic rings. The van der Waals surface area contributed by atoms with E-state index in [1.165, 1.54) is 27.0 Å². The van der Waals surface area contributed by atoms with Crippen LogP contribution in [-0.2, 0) is 39.6 Å². The normalized spacial score (nSPS) is 22.4. The second kappa shape index (κ2) is 14.6. The molecule has 11 nitrogen and oxygen atoms in total. The molecule has 0 spiro atoms. The Bertz CT molecular complexity index is 2550. The van der Waals surface area contributed by atoms with Gasteiger partial charge < -0.3 is 24.9 Å². The summed E-state index contributed by atoms with van der Waals surface area (Å²) in [6.07, 6.45) is -9.80. The van der Waals surface area contributed by atoms with E-state index in [-0.39, 0.29) is 70.1 Å². The van der Waals surface area contributed by atoms with Crippen LogP contribution in [0, 0.1) is 6.92 Å². The fraction of sp³-hybridized carbons (Fsp3) is 0.419. The van der Waals surface area contributed by atoms with Gasteiger partial charge in [0.1, 0.15) is 11.2 Å². The van der Waals surface area contributed by atoms with E-state index in [9.17, 15) is 50.9 Å². The number of nitrogens with one attached hydrogen (secondary N) is 2. The number of carbonyl (C=O) groups is 3. The molecule has 7 rings (SSSR count). The lowest BCUT2D eigenvalue weighted by Gasteiger charge is -2.34. The lowest BCUT2D eigenvalue weighted by molar-refractivity contribution is -0.149. The first kappa shape index (κ1) is 42.6. The zero-order valence-electron chi connectivity index (χ0n) is 33.8. The zero-order valence-corrected chi connectivity index (χ0v) is 33.8. The fourth-order valence-corrected chi connectivity index (χ4v) is 8.77. The number of ether oxygens (including phenoxy) is 1. The summed E-state index contributed by atoms with van der Waals surface area (Å²) < 4.78 is 88.7. The van der Waals surface area contributed by atoms with E-state index >= 15 is 0 Å². The summed E-state index contributed by atoms with van der Waals surface area (Å²) in [5.74, 6) is -3.63. The van der Waals surface area contributed by atoms with Gasteiger partial charge in [0.2, 0.25) is 0 Å². The fourth-order valence-electron chi connectivity index (χ4n) is 8.77. The lowest BCUT2D eigenvalue weighted by Crippen LogP contribution is -2.43. The number of esters is 1. The van der Waals surface area contributed by atoms with Gasteiger partial charge in [-0.05, 0) is 98.7 Å². The molecule has 0 saturated carbocycles. The maximum absolute atomic E-state index is 14.9. The van der Waals surface area contributed by atoms with Crippen molar-refractivity contribution in [1.29, 1.82) is 0 Å². The van der Waals surface area contributed by atoms with Gasteiger partial charge in [0.15, 0.2) is 0 Å². The summed E-state index contributed by atoms with van der Waals surface area (Å²) >= 11 is 0. The predicted octanol–water partition coefficient (Wildman–Crippen LogP) is 8.87. The van der Waals surface area contributed by atoms with E-state index in [1.54, 1.807) is 19.1 Å². The van der Waals surface area contributed by atoms with Gasteiger partial charge >= 0.3 is 18.3 Å². The number of rotatable bonds is 7. The maximum Gasteiger partial charge on any atom is 0.416 e. The van der Waals surface area contributed by atoms with Crippen LogP contribution in [0.4, 0.5) is 26.3 Å². The number of aryl methyl sites for hydroxylation is 1. The number of H-pyrrole nitrogens is 2. The van der Waals surface area contributed by atoms with E-state index in [2.05, 4.69) is 9.97 Å². The van der Waals surface area contributed by atoms with Crippen LogP contribution in [0.15, 0.2) is 36.4 Å². The van der Waals surface area contributed by atoms with Gasteiger partial charge in [-0.3, -0.25) is 24.3 Å². The number of hydrogen-bond donors (Lipinski definition) is 4. The molecule has 4 aliphatic rings. The lowest BCUT2D eigenvalue weighted by atomic mass is 9.80. The van der Waals surface area contributed by atoms with Crippen LogP contribution in [0.3, 0.4) is 0 Å². The molecule has 2 amide bonds. The highest BCUT2D eigenvalue weighted by atomic mass is 19.4. The summed E-state index contributed by atoms with van der Waals surface area (Å²) in [7, 11) is 1.23. The first-order valence-corrected chi connectivity index (χ1v) is 19.4. The first-order valence-electron chi connectivity index (χ1n) is 19.4. The average Bonchev–Trinajstić information content (AvgIpc) is 3.82. The Balaban J connectivity index is 1.59. The number of imide groups is 1. The van der Waals surface area contributed by atoms with E-state index in [0.717, 1.165) is 11.1 Å². The van der Waals surface area contributed by atoms with Crippen LogP contribution >= 0.6 is 0 Å². The van der Waals surface area contributed by atoms with Crippen LogP contribution < -0.4 is 0 Å². The average molecular weight is 840 g/mol. The molecule has 60 heavy (non-hydrogen) atoms. The van der Waals surface area contributed by atoms with Crippen molar-refractivity contribution in [3.05, 3.63) is 104 Å². The maximum atomic E-state index is 14.9. The van der Waals surface area contributed by atoms with Crippen molar-refractivity contribution in [2.75, 3.05) is 7.11 Å². The van der Waals surface area contributed by atoms with Crippen molar-refractivity contribution in [2.45, 2.75) is 109 Å². The van der Waals surface area contributed by atoms with Gasteiger partial charge in [0.05, 0.1) is 64.2 Å². The Morgan fingerprint density at radius 2 is 1.52 bits per heavy atom. The smallest absolute Gasteiger partial charge is 0.416 e. The Labute approximate surface area is 340 Å². The molecule has 4 N–H and O–H groups in total. The summed E-state index contributed by atoms with van der Waals surface area (Å²) in [5, 5.41) is 24.1. The summed E-state index contributed by atoms with van der Waals surface area (Å²) in [6, 6.07) is 5.74. The Morgan fingerprint density at radius 3 is 2.10 bits per heavy atom. The molecular weight excluding hydrogens is 796 g/mol. The van der Waals surface area contributed by atoms with Crippen molar-refractivity contribution in [3.8, 4) is 0 Å². The number of alkyl halides is 6. The molecule has 1 aromatic carbocycles. The number of allylic oxidation sites excluding steroid dienone is 2. The van der Waals surface area contributed by atoms with E-state index in [0.29, 0.717) is 40.5 Å². The van der Waals surface area contributed by atoms with Crippen LogP contribution in [0.2, 0.25) is 0 Å². The largest absolute Gasteiger partial charge is 0.469 e. The molecule has 0 saturated heterocycles. The highest BCUT2D eigenvalue weighted by Crippen LogP contribution is 2.48. The zero-order chi connectivity index (χ0) is 44.0. The van der Waals surface area contributed by atoms with E-state index in [1.807, 2.05) is 20.8 Å². The quantitative estimate of drug-likeness (QED) is 0.104. The third-order valence-corrected chi connectivity index (χ3v) is 12.4. The molecule has 4 aliphatic heterocycles. The highest BCUT2D eigenvalue weighted by molar-refractivity contribution is 6.23. The minimum atomic E-state index is -5.19.